The third kappa shape index (κ3) is 3.43. The SMILES string of the molecule is C=C1[C@H](C)C/C(=C/C=C2\CCC[C@]3(C)[C@@H](C(C)C=O)CC[C@@H]23)C[C@H]1O. The summed E-state index contributed by atoms with van der Waals surface area (Å²) in [7, 11) is 0. The standard InChI is InChI=1S/C23H34O2/c1-15-12-18(13-22(25)17(15)3)7-8-19-6-5-11-23(4)20(16(2)14-24)9-10-21(19)23/h7-8,14-16,20-22,25H,3,5-6,9-13H2,1-2,4H3/b18-7-,19-8+/t15-,16?,20-,21+,22-,23-/m1/s1. The highest BCUT2D eigenvalue weighted by molar-refractivity contribution is 5.54. The lowest BCUT2D eigenvalue weighted by atomic mass is 9.61. The van der Waals surface area contributed by atoms with Crippen molar-refractivity contribution in [2.24, 2.45) is 29.1 Å². The highest BCUT2D eigenvalue weighted by Gasteiger charge is 2.50. The minimum Gasteiger partial charge on any atom is -0.388 e. The summed E-state index contributed by atoms with van der Waals surface area (Å²) in [5.41, 5.74) is 4.20. The van der Waals surface area contributed by atoms with Crippen LogP contribution in [0.15, 0.2) is 35.5 Å². The number of aliphatic hydroxyl groups is 1. The van der Waals surface area contributed by atoms with Gasteiger partial charge < -0.3 is 9.90 Å². The van der Waals surface area contributed by atoms with Crippen LogP contribution in [-0.2, 0) is 4.79 Å². The van der Waals surface area contributed by atoms with Crippen molar-refractivity contribution < 1.29 is 9.90 Å². The second-order valence-electron chi connectivity index (χ2n) is 9.06. The van der Waals surface area contributed by atoms with Crippen LogP contribution in [0.5, 0.6) is 0 Å². The van der Waals surface area contributed by atoms with Crippen LogP contribution in [0.25, 0.3) is 0 Å². The Balaban J connectivity index is 1.79. The van der Waals surface area contributed by atoms with Gasteiger partial charge in [0.2, 0.25) is 0 Å². The van der Waals surface area contributed by atoms with Crippen molar-refractivity contribution in [3.63, 3.8) is 0 Å². The third-order valence-corrected chi connectivity index (χ3v) is 7.51. The van der Waals surface area contributed by atoms with Gasteiger partial charge in [0, 0.05) is 5.92 Å². The predicted molar refractivity (Wildman–Crippen MR) is 103 cm³/mol. The van der Waals surface area contributed by atoms with Gasteiger partial charge in [-0.3, -0.25) is 0 Å². The molecule has 2 nitrogen and oxygen atoms in total. The Morgan fingerprint density at radius 1 is 1.28 bits per heavy atom. The summed E-state index contributed by atoms with van der Waals surface area (Å²) in [6.45, 7) is 10.7. The van der Waals surface area contributed by atoms with E-state index >= 15 is 0 Å². The molecule has 3 rings (SSSR count). The molecule has 3 aliphatic rings. The summed E-state index contributed by atoms with van der Waals surface area (Å²) in [4.78, 5) is 11.4. The average molecular weight is 343 g/mol. The van der Waals surface area contributed by atoms with Crippen molar-refractivity contribution in [3.8, 4) is 0 Å². The summed E-state index contributed by atoms with van der Waals surface area (Å²) in [6, 6.07) is 0. The maximum absolute atomic E-state index is 11.4. The molecule has 0 heterocycles. The zero-order valence-corrected chi connectivity index (χ0v) is 16.1. The number of hydrogen-bond donors (Lipinski definition) is 1. The molecule has 0 aliphatic heterocycles. The van der Waals surface area contributed by atoms with Crippen LogP contribution >= 0.6 is 0 Å². The third-order valence-electron chi connectivity index (χ3n) is 7.51. The van der Waals surface area contributed by atoms with Gasteiger partial charge in [-0.1, -0.05) is 50.6 Å². The van der Waals surface area contributed by atoms with Crippen LogP contribution < -0.4 is 0 Å². The van der Waals surface area contributed by atoms with E-state index in [1.54, 1.807) is 5.57 Å². The van der Waals surface area contributed by atoms with Crippen molar-refractivity contribution in [1.82, 2.24) is 0 Å². The molecule has 0 aromatic rings. The largest absolute Gasteiger partial charge is 0.388 e. The normalized spacial score (nSPS) is 43.3. The molecule has 25 heavy (non-hydrogen) atoms. The first-order valence-corrected chi connectivity index (χ1v) is 10.1. The first kappa shape index (κ1) is 18.6. The minimum absolute atomic E-state index is 0.174. The van der Waals surface area contributed by atoms with Crippen LogP contribution in [0.4, 0.5) is 0 Å². The lowest BCUT2D eigenvalue weighted by Crippen LogP contribution is -2.36. The fourth-order valence-electron chi connectivity index (χ4n) is 5.91. The van der Waals surface area contributed by atoms with Gasteiger partial charge in [0.25, 0.3) is 0 Å². The van der Waals surface area contributed by atoms with Gasteiger partial charge in [0.15, 0.2) is 0 Å². The van der Waals surface area contributed by atoms with E-state index in [0.717, 1.165) is 24.7 Å². The first-order chi connectivity index (χ1) is 11.9. The number of hydrogen-bond acceptors (Lipinski definition) is 2. The first-order valence-electron chi connectivity index (χ1n) is 10.1. The quantitative estimate of drug-likeness (QED) is 0.563. The molecule has 0 bridgehead atoms. The van der Waals surface area contributed by atoms with E-state index in [1.807, 2.05) is 0 Å². The van der Waals surface area contributed by atoms with Crippen LogP contribution in [0, 0.1) is 29.1 Å². The average Bonchev–Trinajstić information content (AvgIpc) is 2.94. The zero-order chi connectivity index (χ0) is 18.2. The highest BCUT2D eigenvalue weighted by atomic mass is 16.3. The molecule has 1 N–H and O–H groups in total. The molecule has 0 amide bonds. The van der Waals surface area contributed by atoms with Crippen LogP contribution in [0.3, 0.4) is 0 Å². The molecule has 3 fully saturated rings. The van der Waals surface area contributed by atoms with Gasteiger partial charge in [-0.2, -0.15) is 0 Å². The van der Waals surface area contributed by atoms with Crippen molar-refractivity contribution in [3.05, 3.63) is 35.5 Å². The molecule has 0 aromatic heterocycles. The van der Waals surface area contributed by atoms with Crippen molar-refractivity contribution >= 4 is 6.29 Å². The molecular formula is C23H34O2. The maximum Gasteiger partial charge on any atom is 0.123 e. The van der Waals surface area contributed by atoms with Crippen LogP contribution in [0.2, 0.25) is 0 Å². The molecule has 2 heteroatoms. The number of allylic oxidation sites excluding steroid dienone is 3. The van der Waals surface area contributed by atoms with Crippen molar-refractivity contribution in [2.45, 2.75) is 71.8 Å². The number of rotatable bonds is 3. The Labute approximate surface area is 153 Å². The number of aliphatic hydroxyl groups excluding tert-OH is 1. The lowest BCUT2D eigenvalue weighted by molar-refractivity contribution is -0.113. The molecule has 0 radical (unpaired) electrons. The molecule has 3 aliphatic carbocycles. The molecule has 138 valence electrons. The maximum atomic E-state index is 11.4. The van der Waals surface area contributed by atoms with E-state index in [2.05, 4.69) is 39.5 Å². The van der Waals surface area contributed by atoms with Gasteiger partial charge in [0.05, 0.1) is 6.10 Å². The predicted octanol–water partition coefficient (Wildman–Crippen LogP) is 5.24. The second-order valence-corrected chi connectivity index (χ2v) is 9.06. The smallest absolute Gasteiger partial charge is 0.123 e. The Kier molecular flexibility index (Phi) is 5.39. The summed E-state index contributed by atoms with van der Waals surface area (Å²) in [5.74, 6) is 1.71. The molecule has 1 unspecified atom stereocenters. The Bertz CT molecular complexity index is 583. The number of carbonyl (C=O) groups is 1. The molecule has 6 atom stereocenters. The Hall–Kier alpha value is -1.15. The van der Waals surface area contributed by atoms with Gasteiger partial charge in [-0.25, -0.2) is 0 Å². The molecule has 3 saturated carbocycles. The van der Waals surface area contributed by atoms with Gasteiger partial charge in [-0.15, -0.1) is 0 Å². The van der Waals surface area contributed by atoms with Crippen LogP contribution in [0.1, 0.15) is 65.7 Å². The summed E-state index contributed by atoms with van der Waals surface area (Å²) in [6.07, 6.45) is 13.3. The molecule has 0 saturated heterocycles. The monoisotopic (exact) mass is 342 g/mol. The zero-order valence-electron chi connectivity index (χ0n) is 16.1. The van der Waals surface area contributed by atoms with E-state index in [4.69, 9.17) is 0 Å². The fraction of sp³-hybridized carbons (Fsp3) is 0.696. The van der Waals surface area contributed by atoms with E-state index in [9.17, 15) is 9.90 Å². The Morgan fingerprint density at radius 2 is 2.04 bits per heavy atom. The summed E-state index contributed by atoms with van der Waals surface area (Å²) < 4.78 is 0. The van der Waals surface area contributed by atoms with Crippen molar-refractivity contribution in [1.29, 1.82) is 0 Å². The highest BCUT2D eigenvalue weighted by Crippen LogP contribution is 2.59. The van der Waals surface area contributed by atoms with Gasteiger partial charge in [0.1, 0.15) is 6.29 Å². The molecule has 0 aromatic carbocycles. The van der Waals surface area contributed by atoms with E-state index < -0.39 is 0 Å². The van der Waals surface area contributed by atoms with E-state index in [0.29, 0.717) is 17.8 Å². The molecule has 0 spiro atoms. The minimum atomic E-state index is -0.380. The van der Waals surface area contributed by atoms with Crippen molar-refractivity contribution in [2.75, 3.05) is 0 Å². The number of fused-ring (bicyclic) bond motifs is 1. The Morgan fingerprint density at radius 3 is 2.72 bits per heavy atom. The van der Waals surface area contributed by atoms with Crippen LogP contribution in [-0.4, -0.2) is 17.5 Å². The fourth-order valence-corrected chi connectivity index (χ4v) is 5.91. The van der Waals surface area contributed by atoms with Gasteiger partial charge >= 0.3 is 0 Å². The van der Waals surface area contributed by atoms with Gasteiger partial charge in [-0.05, 0) is 73.7 Å². The lowest BCUT2D eigenvalue weighted by Gasteiger charge is -2.43. The molecular weight excluding hydrogens is 308 g/mol. The summed E-state index contributed by atoms with van der Waals surface area (Å²) >= 11 is 0. The summed E-state index contributed by atoms with van der Waals surface area (Å²) in [5, 5.41) is 10.2. The topological polar surface area (TPSA) is 37.3 Å². The number of carbonyl (C=O) groups excluding carboxylic acids is 1. The number of aldehydes is 1. The second kappa shape index (κ2) is 7.23. The van der Waals surface area contributed by atoms with E-state index in [-0.39, 0.29) is 17.4 Å². The van der Waals surface area contributed by atoms with E-state index in [1.165, 1.54) is 37.7 Å².